The third kappa shape index (κ3) is 14.9. The Morgan fingerprint density at radius 2 is 0.973 bits per heavy atom. The van der Waals surface area contributed by atoms with Crippen molar-refractivity contribution >= 4 is 66.0 Å². The molecule has 0 fully saturated rings. The standard InChI is InChI=1S/C50H66N8O15/c1-26-32(7-9-43(62)63)37-18-38-33(8-10-44(64)65)27(2)35(53-38)19-40-29(4)50(31(6)60)41(20-36-28(3)49(30(5)59)39(54-36)17-34(26)52-37)58(40)12-11-51-42(61)21-56(23-46(68)69)15-13-55(22-45(66)67)14-16-57(24-47(70)71)25-48(72)73/h17-20,30-31,52-54,59-60H,7-16,21-25H2,1-6H3,(H,51,61)(H,62,63)(H,64,65)(H,66,67)(H,68,69)(H,70,71)(H,72,73). The summed E-state index contributed by atoms with van der Waals surface area (Å²) in [5, 5.41) is 85.1. The van der Waals surface area contributed by atoms with Crippen LogP contribution in [0.25, 0.3) is 24.3 Å². The number of carboxylic acid groups (broad SMARTS) is 6. The molecule has 2 atom stereocenters. The maximum Gasteiger partial charge on any atom is 0.317 e. The van der Waals surface area contributed by atoms with Gasteiger partial charge in [0.2, 0.25) is 5.91 Å². The zero-order chi connectivity index (χ0) is 54.0. The Bertz CT molecular complexity index is 2990. The van der Waals surface area contributed by atoms with E-state index in [1.165, 1.54) is 9.80 Å². The Labute approximate surface area is 419 Å². The Kier molecular flexibility index (Phi) is 19.3. The molecule has 4 aromatic heterocycles. The highest BCUT2D eigenvalue weighted by molar-refractivity contribution is 5.79. The summed E-state index contributed by atoms with van der Waals surface area (Å²) >= 11 is 0. The van der Waals surface area contributed by atoms with Crippen molar-refractivity contribution in [1.29, 1.82) is 0 Å². The number of H-pyrrole nitrogens is 3. The van der Waals surface area contributed by atoms with Gasteiger partial charge in [0.1, 0.15) is 0 Å². The third-order valence-corrected chi connectivity index (χ3v) is 13.0. The van der Waals surface area contributed by atoms with Crippen molar-refractivity contribution in [2.75, 3.05) is 65.4 Å². The molecule has 1 amide bonds. The van der Waals surface area contributed by atoms with Crippen molar-refractivity contribution < 1.29 is 74.4 Å². The van der Waals surface area contributed by atoms with Crippen LogP contribution in [0.4, 0.5) is 0 Å². The topological polar surface area (TPSA) is 355 Å². The average molecular weight is 1020 g/mol. The second-order valence-electron chi connectivity index (χ2n) is 18.4. The van der Waals surface area contributed by atoms with Crippen molar-refractivity contribution in [3.05, 3.63) is 88.7 Å². The molecule has 23 nitrogen and oxygen atoms in total. The molecule has 5 heterocycles. The Hall–Kier alpha value is -7.31. The number of carbonyl (C=O) groups is 7. The third-order valence-electron chi connectivity index (χ3n) is 13.0. The predicted octanol–water partition coefficient (Wildman–Crippen LogP) is -1.16. The van der Waals surface area contributed by atoms with Gasteiger partial charge in [0.25, 0.3) is 0 Å². The molecule has 73 heavy (non-hydrogen) atoms. The lowest BCUT2D eigenvalue weighted by molar-refractivity contribution is -0.143. The maximum atomic E-state index is 13.7. The first-order valence-corrected chi connectivity index (χ1v) is 23.7. The minimum Gasteiger partial charge on any atom is -0.481 e. The summed E-state index contributed by atoms with van der Waals surface area (Å²) < 4.78 is 1.91. The van der Waals surface area contributed by atoms with E-state index in [9.17, 15) is 74.4 Å². The minimum atomic E-state index is -1.28. The fourth-order valence-corrected chi connectivity index (χ4v) is 9.53. The zero-order valence-corrected chi connectivity index (χ0v) is 41.8. The van der Waals surface area contributed by atoms with E-state index in [-0.39, 0.29) is 65.0 Å². The number of carboxylic acids is 6. The van der Waals surface area contributed by atoms with Crippen LogP contribution in [0, 0.1) is 27.7 Å². The van der Waals surface area contributed by atoms with E-state index in [0.29, 0.717) is 72.0 Å². The maximum absolute atomic E-state index is 13.7. The van der Waals surface area contributed by atoms with Gasteiger partial charge >= 0.3 is 35.8 Å². The van der Waals surface area contributed by atoms with Crippen molar-refractivity contribution in [2.24, 2.45) is 0 Å². The quantitative estimate of drug-likeness (QED) is 0.0295. The van der Waals surface area contributed by atoms with Gasteiger partial charge in [-0.2, -0.15) is 0 Å². The summed E-state index contributed by atoms with van der Waals surface area (Å²) in [6, 6.07) is 0. The van der Waals surface area contributed by atoms with Gasteiger partial charge in [0.15, 0.2) is 0 Å². The first-order chi connectivity index (χ1) is 34.3. The molecule has 1 aliphatic heterocycles. The molecule has 8 bridgehead atoms. The number of hydrogen-bond acceptors (Lipinski definition) is 12. The number of aliphatic hydroxyl groups is 2. The van der Waals surface area contributed by atoms with Gasteiger partial charge in [-0.25, -0.2) is 0 Å². The number of carbonyl (C=O) groups excluding carboxylic acids is 1. The first kappa shape index (κ1) is 56.6. The van der Waals surface area contributed by atoms with Crippen LogP contribution in [0.2, 0.25) is 0 Å². The SMILES string of the molecule is Cc1c2[nH]c(c1CCC(=O)O)C=c1[nH]c(c(C)c1CCC(=O)O)=Cc1c(C)c(C(C)O)c(n1CCNC(=O)CN(CCN(CCN(CC(=O)O)CC(=O)O)CC(=O)O)CC(=O)O)C=c1[nH]c(c(C(C)O)c1C)=C2. The van der Waals surface area contributed by atoms with Crippen molar-refractivity contribution in [3.63, 3.8) is 0 Å². The predicted molar refractivity (Wildman–Crippen MR) is 265 cm³/mol. The fraction of sp³-hybridized carbons (Fsp3) is 0.460. The molecule has 4 aromatic rings. The average Bonchev–Trinajstić information content (AvgIpc) is 3.93. The monoisotopic (exact) mass is 1020 g/mol. The van der Waals surface area contributed by atoms with E-state index >= 15 is 0 Å². The van der Waals surface area contributed by atoms with E-state index in [4.69, 9.17) is 0 Å². The number of hydrogen-bond donors (Lipinski definition) is 12. The molecule has 0 saturated heterocycles. The van der Waals surface area contributed by atoms with Crippen LogP contribution < -0.4 is 26.7 Å². The van der Waals surface area contributed by atoms with Gasteiger partial charge < -0.3 is 65.7 Å². The van der Waals surface area contributed by atoms with Gasteiger partial charge in [0, 0.05) is 107 Å². The van der Waals surface area contributed by atoms with Crippen LogP contribution in [0.5, 0.6) is 0 Å². The number of nitrogens with zero attached hydrogens (tertiary/aromatic N) is 4. The molecule has 0 aromatic carbocycles. The van der Waals surface area contributed by atoms with E-state index < -0.39 is 86.7 Å². The van der Waals surface area contributed by atoms with Crippen LogP contribution in [0.3, 0.4) is 0 Å². The van der Waals surface area contributed by atoms with Crippen molar-refractivity contribution in [1.82, 2.24) is 39.5 Å². The van der Waals surface area contributed by atoms with Gasteiger partial charge in [-0.05, 0) is 112 Å². The number of nitrogens with one attached hydrogen (secondary N) is 4. The number of aliphatic hydroxyl groups excluding tert-OH is 2. The minimum absolute atomic E-state index is 0.0104. The summed E-state index contributed by atoms with van der Waals surface area (Å²) in [4.78, 5) is 98.0. The molecule has 0 radical (unpaired) electrons. The summed E-state index contributed by atoms with van der Waals surface area (Å²) in [7, 11) is 0. The first-order valence-electron chi connectivity index (χ1n) is 23.7. The lowest BCUT2D eigenvalue weighted by Crippen LogP contribution is -2.46. The molecular formula is C50H66N8O15. The largest absolute Gasteiger partial charge is 0.481 e. The van der Waals surface area contributed by atoms with Crippen molar-refractivity contribution in [3.8, 4) is 0 Å². The molecule has 5 rings (SSSR count). The second kappa shape index (κ2) is 24.9. The highest BCUT2D eigenvalue weighted by atomic mass is 16.4. The van der Waals surface area contributed by atoms with Crippen molar-refractivity contribution in [2.45, 2.75) is 86.0 Å². The molecule has 2 unspecified atom stereocenters. The van der Waals surface area contributed by atoms with Gasteiger partial charge in [-0.3, -0.25) is 48.3 Å². The smallest absolute Gasteiger partial charge is 0.317 e. The number of aliphatic carboxylic acids is 6. The van der Waals surface area contributed by atoms with E-state index in [0.717, 1.165) is 21.6 Å². The van der Waals surface area contributed by atoms with E-state index in [1.807, 2.05) is 56.6 Å². The summed E-state index contributed by atoms with van der Waals surface area (Å²) in [6.45, 7) is 7.69. The normalized spacial score (nSPS) is 13.0. The highest BCUT2D eigenvalue weighted by Crippen LogP contribution is 2.30. The zero-order valence-electron chi connectivity index (χ0n) is 41.8. The fourth-order valence-electron chi connectivity index (χ4n) is 9.53. The number of rotatable bonds is 27. The number of aromatic amines is 3. The molecule has 0 spiro atoms. The molecule has 0 aliphatic carbocycles. The second-order valence-corrected chi connectivity index (χ2v) is 18.4. The Morgan fingerprint density at radius 1 is 0.507 bits per heavy atom. The Balaban J connectivity index is 1.59. The molecule has 12 N–H and O–H groups in total. The van der Waals surface area contributed by atoms with Crippen LogP contribution in [-0.4, -0.2) is 182 Å². The molecular weight excluding hydrogens is 953 g/mol. The van der Waals surface area contributed by atoms with E-state index in [2.05, 4.69) is 20.3 Å². The molecule has 1 aliphatic rings. The molecule has 396 valence electrons. The van der Waals surface area contributed by atoms with E-state index in [1.54, 1.807) is 13.8 Å². The number of aromatic nitrogens is 4. The van der Waals surface area contributed by atoms with Crippen LogP contribution in [0.1, 0.15) is 106 Å². The summed E-state index contributed by atoms with van der Waals surface area (Å²) in [6.07, 6.45) is 5.46. The lowest BCUT2D eigenvalue weighted by Gasteiger charge is -2.27. The lowest BCUT2D eigenvalue weighted by atomic mass is 10.0. The molecule has 23 heteroatoms. The summed E-state index contributed by atoms with van der Waals surface area (Å²) in [5.74, 6) is -7.61. The van der Waals surface area contributed by atoms with Gasteiger partial charge in [-0.15, -0.1) is 0 Å². The molecule has 0 saturated carbocycles. The van der Waals surface area contributed by atoms with Crippen LogP contribution in [0.15, 0.2) is 0 Å². The Morgan fingerprint density at radius 3 is 1.51 bits per heavy atom. The van der Waals surface area contributed by atoms with Gasteiger partial charge in [-0.1, -0.05) is 0 Å². The van der Waals surface area contributed by atoms with Crippen LogP contribution in [-0.2, 0) is 52.9 Å². The number of amides is 1. The highest BCUT2D eigenvalue weighted by Gasteiger charge is 2.25. The summed E-state index contributed by atoms with van der Waals surface area (Å²) in [5.41, 5.74) is 7.95. The number of fused-ring (bicyclic) bond motifs is 8. The van der Waals surface area contributed by atoms with Crippen LogP contribution >= 0.6 is 0 Å². The van der Waals surface area contributed by atoms with Gasteiger partial charge in [0.05, 0.1) is 44.9 Å².